The van der Waals surface area contributed by atoms with Gasteiger partial charge in [-0.2, -0.15) is 0 Å². The number of carbonyl (C=O) groups excluding carboxylic acids is 2. The monoisotopic (exact) mass is 451 g/mol. The lowest BCUT2D eigenvalue weighted by Gasteiger charge is -2.18. The van der Waals surface area contributed by atoms with E-state index in [1.165, 1.54) is 15.9 Å². The Hall–Kier alpha value is -3.86. The molecule has 172 valence electrons. The first-order valence-corrected chi connectivity index (χ1v) is 10.4. The molecular formula is C22H25N7O4. The first kappa shape index (κ1) is 22.3. The van der Waals surface area contributed by atoms with Crippen LogP contribution < -0.4 is 5.32 Å². The van der Waals surface area contributed by atoms with Crippen molar-refractivity contribution in [2.45, 2.75) is 25.0 Å². The first-order valence-electron chi connectivity index (χ1n) is 10.4. The van der Waals surface area contributed by atoms with Crippen LogP contribution in [0.15, 0.2) is 41.1 Å². The van der Waals surface area contributed by atoms with Gasteiger partial charge in [-0.25, -0.2) is 15.0 Å². The molecule has 0 aliphatic carbocycles. The van der Waals surface area contributed by atoms with Gasteiger partial charge in [0.2, 0.25) is 17.5 Å². The number of aromatic nitrogens is 4. The molecule has 4 heterocycles. The lowest BCUT2D eigenvalue weighted by Crippen LogP contribution is -2.37. The van der Waals surface area contributed by atoms with Gasteiger partial charge in [0.25, 0.3) is 5.91 Å². The average Bonchev–Trinajstić information content (AvgIpc) is 3.41. The summed E-state index contributed by atoms with van der Waals surface area (Å²) in [7, 11) is 4.99. The van der Waals surface area contributed by atoms with Crippen molar-refractivity contribution in [1.29, 1.82) is 0 Å². The summed E-state index contributed by atoms with van der Waals surface area (Å²) >= 11 is 0. The second kappa shape index (κ2) is 8.58. The molecule has 3 aromatic heterocycles. The smallest absolute Gasteiger partial charge is 0.262 e. The normalized spacial score (nSPS) is 18.9. The van der Waals surface area contributed by atoms with Crippen LogP contribution in [0.5, 0.6) is 0 Å². The SMILES string of the molecule is CC(Nc1nccc(-c2cccc(-c3cc([C@]4(O)CCN(C)C4=O)on3)n2)n1)C(=O)N(C)C. The number of hydrogen-bond acceptors (Lipinski definition) is 9. The number of pyridine rings is 1. The number of nitrogens with zero attached hydrogens (tertiary/aromatic N) is 6. The molecule has 0 bridgehead atoms. The summed E-state index contributed by atoms with van der Waals surface area (Å²) in [4.78, 5) is 40.6. The van der Waals surface area contributed by atoms with Crippen molar-refractivity contribution in [2.75, 3.05) is 33.0 Å². The van der Waals surface area contributed by atoms with E-state index >= 15 is 0 Å². The highest BCUT2D eigenvalue weighted by atomic mass is 16.5. The minimum Gasteiger partial charge on any atom is -0.373 e. The van der Waals surface area contributed by atoms with Crippen molar-refractivity contribution >= 4 is 17.8 Å². The van der Waals surface area contributed by atoms with E-state index in [0.717, 1.165) is 0 Å². The van der Waals surface area contributed by atoms with E-state index in [1.807, 2.05) is 0 Å². The molecule has 1 aliphatic heterocycles. The predicted molar refractivity (Wildman–Crippen MR) is 119 cm³/mol. The standard InChI is InChI=1S/C22H25N7O4/c1-13(19(30)28(2)3)24-21-23-10-8-16(26-21)14-6-5-7-15(25-14)17-12-18(33-27-17)22(32)9-11-29(4)20(22)31/h5-8,10,12-13,32H,9,11H2,1-4H3,(H,23,24,26)/t13?,22-/m1/s1. The van der Waals surface area contributed by atoms with Crippen LogP contribution in [0.4, 0.5) is 5.95 Å². The molecule has 0 saturated carbocycles. The predicted octanol–water partition coefficient (Wildman–Crippen LogP) is 1.13. The number of carbonyl (C=O) groups is 2. The molecule has 1 unspecified atom stereocenters. The van der Waals surface area contributed by atoms with E-state index < -0.39 is 17.6 Å². The fourth-order valence-electron chi connectivity index (χ4n) is 3.61. The van der Waals surface area contributed by atoms with E-state index in [9.17, 15) is 14.7 Å². The van der Waals surface area contributed by atoms with Gasteiger partial charge in [0.15, 0.2) is 5.76 Å². The van der Waals surface area contributed by atoms with Gasteiger partial charge in [-0.1, -0.05) is 11.2 Å². The summed E-state index contributed by atoms with van der Waals surface area (Å²) in [6, 6.07) is 8.07. The third-order valence-electron chi connectivity index (χ3n) is 5.51. The molecule has 11 nitrogen and oxygen atoms in total. The maximum atomic E-state index is 12.3. The zero-order valence-electron chi connectivity index (χ0n) is 18.8. The fourth-order valence-corrected chi connectivity index (χ4v) is 3.61. The summed E-state index contributed by atoms with van der Waals surface area (Å²) < 4.78 is 5.32. The van der Waals surface area contributed by atoms with Gasteiger partial charge in [-0.3, -0.25) is 9.59 Å². The number of aliphatic hydroxyl groups is 1. The number of rotatable bonds is 6. The van der Waals surface area contributed by atoms with Crippen LogP contribution in [-0.4, -0.2) is 80.6 Å². The molecule has 3 aromatic rings. The zero-order chi connectivity index (χ0) is 23.8. The van der Waals surface area contributed by atoms with E-state index in [0.29, 0.717) is 35.3 Å². The lowest BCUT2D eigenvalue weighted by atomic mass is 9.98. The Morgan fingerprint density at radius 2 is 1.91 bits per heavy atom. The van der Waals surface area contributed by atoms with Crippen molar-refractivity contribution in [1.82, 2.24) is 29.9 Å². The molecule has 2 N–H and O–H groups in total. The van der Waals surface area contributed by atoms with Crippen molar-refractivity contribution in [3.05, 3.63) is 42.3 Å². The molecule has 4 rings (SSSR count). The topological polar surface area (TPSA) is 138 Å². The van der Waals surface area contributed by atoms with Crippen molar-refractivity contribution in [3.63, 3.8) is 0 Å². The van der Waals surface area contributed by atoms with Crippen LogP contribution in [0.25, 0.3) is 22.8 Å². The highest BCUT2D eigenvalue weighted by Gasteiger charge is 2.48. The molecule has 0 spiro atoms. The van der Waals surface area contributed by atoms with Crippen molar-refractivity contribution in [3.8, 4) is 22.8 Å². The Balaban J connectivity index is 1.58. The largest absolute Gasteiger partial charge is 0.373 e. The molecule has 33 heavy (non-hydrogen) atoms. The zero-order valence-corrected chi connectivity index (χ0v) is 18.8. The van der Waals surface area contributed by atoms with Gasteiger partial charge >= 0.3 is 0 Å². The van der Waals surface area contributed by atoms with Crippen LogP contribution in [-0.2, 0) is 15.2 Å². The molecule has 11 heteroatoms. The Morgan fingerprint density at radius 3 is 2.58 bits per heavy atom. The number of amides is 2. The molecule has 1 aliphatic rings. The third-order valence-corrected chi connectivity index (χ3v) is 5.51. The quantitative estimate of drug-likeness (QED) is 0.565. The molecular weight excluding hydrogens is 426 g/mol. The van der Waals surface area contributed by atoms with Crippen LogP contribution in [0.2, 0.25) is 0 Å². The van der Waals surface area contributed by atoms with Gasteiger partial charge in [0.05, 0.1) is 17.1 Å². The number of anilines is 1. The van der Waals surface area contributed by atoms with E-state index in [4.69, 9.17) is 4.52 Å². The van der Waals surface area contributed by atoms with Gasteiger partial charge < -0.3 is 24.7 Å². The van der Waals surface area contributed by atoms with E-state index in [1.54, 1.807) is 58.5 Å². The number of hydrogen-bond donors (Lipinski definition) is 2. The Labute approximate surface area is 190 Å². The molecule has 2 amide bonds. The van der Waals surface area contributed by atoms with Crippen LogP contribution >= 0.6 is 0 Å². The molecule has 1 fully saturated rings. The van der Waals surface area contributed by atoms with Gasteiger partial charge in [0.1, 0.15) is 11.7 Å². The highest BCUT2D eigenvalue weighted by molar-refractivity contribution is 5.87. The second-order valence-electron chi connectivity index (χ2n) is 8.19. The summed E-state index contributed by atoms with van der Waals surface area (Å²) in [5.74, 6) is -0.126. The van der Waals surface area contributed by atoms with Crippen molar-refractivity contribution < 1.29 is 19.2 Å². The Bertz CT molecular complexity index is 1190. The van der Waals surface area contributed by atoms with E-state index in [-0.39, 0.29) is 18.1 Å². The molecule has 0 aromatic carbocycles. The average molecular weight is 451 g/mol. The van der Waals surface area contributed by atoms with Crippen molar-refractivity contribution in [2.24, 2.45) is 0 Å². The summed E-state index contributed by atoms with van der Waals surface area (Å²) in [6.45, 7) is 2.17. The van der Waals surface area contributed by atoms with Gasteiger partial charge in [-0.15, -0.1) is 0 Å². The maximum Gasteiger partial charge on any atom is 0.262 e. The second-order valence-corrected chi connectivity index (χ2v) is 8.19. The minimum absolute atomic E-state index is 0.0899. The summed E-state index contributed by atoms with van der Waals surface area (Å²) in [5.41, 5.74) is 0.276. The minimum atomic E-state index is -1.72. The fraction of sp³-hybridized carbons (Fsp3) is 0.364. The molecule has 1 saturated heterocycles. The van der Waals surface area contributed by atoms with Crippen LogP contribution in [0.1, 0.15) is 19.1 Å². The maximum absolute atomic E-state index is 12.3. The molecule has 0 radical (unpaired) electrons. The van der Waals surface area contributed by atoms with Gasteiger partial charge in [0, 0.05) is 46.4 Å². The summed E-state index contributed by atoms with van der Waals surface area (Å²) in [6.07, 6.45) is 1.81. The first-order chi connectivity index (χ1) is 15.7. The molecule has 2 atom stereocenters. The summed E-state index contributed by atoms with van der Waals surface area (Å²) in [5, 5.41) is 17.8. The number of nitrogens with one attached hydrogen (secondary N) is 1. The highest BCUT2D eigenvalue weighted by Crippen LogP contribution is 2.34. The van der Waals surface area contributed by atoms with Gasteiger partial charge in [-0.05, 0) is 25.1 Å². The number of likely N-dealkylation sites (tertiary alicyclic amines) is 1. The number of likely N-dealkylation sites (N-methyl/N-ethyl adjacent to an activating group) is 2. The van der Waals surface area contributed by atoms with Crippen LogP contribution in [0, 0.1) is 0 Å². The third kappa shape index (κ3) is 4.27. The Morgan fingerprint density at radius 1 is 1.21 bits per heavy atom. The van der Waals surface area contributed by atoms with Crippen LogP contribution in [0.3, 0.4) is 0 Å². The lowest BCUT2D eigenvalue weighted by molar-refractivity contribution is -0.144. The Kier molecular flexibility index (Phi) is 5.81. The van der Waals surface area contributed by atoms with E-state index in [2.05, 4.69) is 25.4 Å².